The molecule has 20 heavy (non-hydrogen) atoms. The van der Waals surface area contributed by atoms with Crippen molar-refractivity contribution < 1.29 is 9.47 Å². The molecule has 0 aliphatic heterocycles. The van der Waals surface area contributed by atoms with Gasteiger partial charge in [-0.05, 0) is 12.1 Å². The number of hydrogen-bond donors (Lipinski definition) is 1. The Morgan fingerprint density at radius 1 is 1.20 bits per heavy atom. The third-order valence-corrected chi connectivity index (χ3v) is 2.78. The van der Waals surface area contributed by atoms with E-state index in [1.165, 1.54) is 0 Å². The number of para-hydroxylation sites is 2. The summed E-state index contributed by atoms with van der Waals surface area (Å²) in [5.74, 6) is 2.37. The summed E-state index contributed by atoms with van der Waals surface area (Å²) in [5.41, 5.74) is 0. The van der Waals surface area contributed by atoms with Crippen LogP contribution in [0.5, 0.6) is 11.5 Å². The molecule has 6 heteroatoms. The van der Waals surface area contributed by atoms with Gasteiger partial charge < -0.3 is 14.8 Å². The van der Waals surface area contributed by atoms with Crippen molar-refractivity contribution in [3.8, 4) is 11.5 Å². The zero-order valence-electron chi connectivity index (χ0n) is 11.9. The summed E-state index contributed by atoms with van der Waals surface area (Å²) in [5, 5.41) is 7.51. The highest BCUT2D eigenvalue weighted by molar-refractivity contribution is 5.39. The van der Waals surface area contributed by atoms with Gasteiger partial charge in [-0.25, -0.2) is 4.98 Å². The number of benzene rings is 1. The molecule has 0 fully saturated rings. The van der Waals surface area contributed by atoms with E-state index in [1.807, 2.05) is 31.3 Å². The topological polar surface area (TPSA) is 61.2 Å². The molecule has 1 N–H and O–H groups in total. The van der Waals surface area contributed by atoms with E-state index in [0.717, 1.165) is 36.8 Å². The van der Waals surface area contributed by atoms with E-state index in [2.05, 4.69) is 15.4 Å². The number of rotatable bonds is 8. The summed E-state index contributed by atoms with van der Waals surface area (Å²) in [4.78, 5) is 4.17. The monoisotopic (exact) mass is 276 g/mol. The van der Waals surface area contributed by atoms with Crippen molar-refractivity contribution >= 4 is 0 Å². The number of methoxy groups -OCH3 is 1. The van der Waals surface area contributed by atoms with Crippen molar-refractivity contribution in [1.29, 1.82) is 0 Å². The van der Waals surface area contributed by atoms with Gasteiger partial charge in [0.05, 0.1) is 7.11 Å². The Morgan fingerprint density at radius 3 is 2.70 bits per heavy atom. The highest BCUT2D eigenvalue weighted by atomic mass is 16.5. The van der Waals surface area contributed by atoms with E-state index < -0.39 is 0 Å². The molecular formula is C14H20N4O2. The van der Waals surface area contributed by atoms with Crippen molar-refractivity contribution in [3.63, 3.8) is 0 Å². The molecule has 0 aliphatic carbocycles. The van der Waals surface area contributed by atoms with Crippen LogP contribution < -0.4 is 14.8 Å². The molecule has 0 unspecified atom stereocenters. The van der Waals surface area contributed by atoms with Crippen LogP contribution in [0.4, 0.5) is 0 Å². The molecule has 1 aromatic heterocycles. The van der Waals surface area contributed by atoms with Crippen LogP contribution in [-0.4, -0.2) is 41.6 Å². The Kier molecular flexibility index (Phi) is 5.37. The van der Waals surface area contributed by atoms with Crippen molar-refractivity contribution in [2.24, 2.45) is 7.05 Å². The summed E-state index contributed by atoms with van der Waals surface area (Å²) < 4.78 is 12.6. The first kappa shape index (κ1) is 14.3. The molecular weight excluding hydrogens is 256 g/mol. The van der Waals surface area contributed by atoms with Gasteiger partial charge in [0.15, 0.2) is 17.3 Å². The molecule has 6 nitrogen and oxygen atoms in total. The van der Waals surface area contributed by atoms with Crippen LogP contribution in [0, 0.1) is 0 Å². The zero-order valence-corrected chi connectivity index (χ0v) is 11.9. The average Bonchev–Trinajstić information content (AvgIpc) is 2.88. The highest BCUT2D eigenvalue weighted by Crippen LogP contribution is 2.25. The van der Waals surface area contributed by atoms with Crippen LogP contribution in [-0.2, 0) is 13.5 Å². The van der Waals surface area contributed by atoms with Crippen LogP contribution in [0.25, 0.3) is 0 Å². The minimum absolute atomic E-state index is 0.593. The van der Waals surface area contributed by atoms with Gasteiger partial charge in [-0.1, -0.05) is 12.1 Å². The molecule has 0 spiro atoms. The van der Waals surface area contributed by atoms with Crippen molar-refractivity contribution in [2.75, 3.05) is 26.8 Å². The van der Waals surface area contributed by atoms with E-state index >= 15 is 0 Å². The first-order valence-electron chi connectivity index (χ1n) is 6.60. The molecule has 0 amide bonds. The lowest BCUT2D eigenvalue weighted by Crippen LogP contribution is -2.23. The second-order valence-corrected chi connectivity index (χ2v) is 4.33. The number of aryl methyl sites for hydroxylation is 1. The van der Waals surface area contributed by atoms with Crippen molar-refractivity contribution in [1.82, 2.24) is 20.1 Å². The van der Waals surface area contributed by atoms with Gasteiger partial charge in [0.2, 0.25) is 0 Å². The van der Waals surface area contributed by atoms with E-state index in [1.54, 1.807) is 18.1 Å². The number of hydrogen-bond acceptors (Lipinski definition) is 5. The summed E-state index contributed by atoms with van der Waals surface area (Å²) >= 11 is 0. The lowest BCUT2D eigenvalue weighted by Gasteiger charge is -2.10. The van der Waals surface area contributed by atoms with Gasteiger partial charge in [-0.2, -0.15) is 5.10 Å². The summed E-state index contributed by atoms with van der Waals surface area (Å²) in [7, 11) is 3.51. The fourth-order valence-corrected chi connectivity index (χ4v) is 1.79. The van der Waals surface area contributed by atoms with Gasteiger partial charge >= 0.3 is 0 Å². The maximum Gasteiger partial charge on any atom is 0.161 e. The largest absolute Gasteiger partial charge is 0.493 e. The van der Waals surface area contributed by atoms with Crippen LogP contribution in [0.3, 0.4) is 0 Å². The molecule has 0 aliphatic rings. The quantitative estimate of drug-likeness (QED) is 0.730. The van der Waals surface area contributed by atoms with Crippen LogP contribution in [0.15, 0.2) is 30.6 Å². The fraction of sp³-hybridized carbons (Fsp3) is 0.429. The molecule has 0 saturated carbocycles. The maximum atomic E-state index is 5.66. The SMILES string of the molecule is COc1ccccc1OCCNCCc1ncn(C)n1. The predicted octanol–water partition coefficient (Wildman–Crippen LogP) is 1.03. The molecule has 2 rings (SSSR count). The number of nitrogens with zero attached hydrogens (tertiary/aromatic N) is 3. The van der Waals surface area contributed by atoms with Gasteiger partial charge in [-0.15, -0.1) is 0 Å². The second-order valence-electron chi connectivity index (χ2n) is 4.33. The fourth-order valence-electron chi connectivity index (χ4n) is 1.79. The molecule has 0 atom stereocenters. The smallest absolute Gasteiger partial charge is 0.161 e. The molecule has 0 saturated heterocycles. The normalized spacial score (nSPS) is 10.5. The third kappa shape index (κ3) is 4.24. The highest BCUT2D eigenvalue weighted by Gasteiger charge is 2.02. The predicted molar refractivity (Wildman–Crippen MR) is 76.1 cm³/mol. The van der Waals surface area contributed by atoms with Gasteiger partial charge in [-0.3, -0.25) is 4.68 Å². The first-order valence-corrected chi connectivity index (χ1v) is 6.60. The maximum absolute atomic E-state index is 5.66. The number of aromatic nitrogens is 3. The number of ether oxygens (including phenoxy) is 2. The molecule has 2 aromatic rings. The zero-order chi connectivity index (χ0) is 14.2. The molecule has 0 bridgehead atoms. The third-order valence-electron chi connectivity index (χ3n) is 2.78. The summed E-state index contributed by atoms with van der Waals surface area (Å²) in [6, 6.07) is 7.63. The van der Waals surface area contributed by atoms with Gasteiger partial charge in [0.1, 0.15) is 12.9 Å². The van der Waals surface area contributed by atoms with Gasteiger partial charge in [0, 0.05) is 26.6 Å². The van der Waals surface area contributed by atoms with Crippen molar-refractivity contribution in [2.45, 2.75) is 6.42 Å². The van der Waals surface area contributed by atoms with E-state index in [-0.39, 0.29) is 0 Å². The summed E-state index contributed by atoms with van der Waals surface area (Å²) in [6.45, 7) is 2.19. The minimum atomic E-state index is 0.593. The first-order chi connectivity index (χ1) is 9.79. The Balaban J connectivity index is 1.62. The number of nitrogens with one attached hydrogen (secondary N) is 1. The standard InChI is InChI=1S/C14H20N4O2/c1-18-11-16-14(17-18)7-8-15-9-10-20-13-6-4-3-5-12(13)19-2/h3-6,11,15H,7-10H2,1-2H3. The Bertz CT molecular complexity index is 527. The van der Waals surface area contributed by atoms with E-state index in [4.69, 9.17) is 9.47 Å². The second kappa shape index (κ2) is 7.49. The van der Waals surface area contributed by atoms with Crippen molar-refractivity contribution in [3.05, 3.63) is 36.4 Å². The lowest BCUT2D eigenvalue weighted by molar-refractivity contribution is 0.292. The molecule has 1 aromatic carbocycles. The van der Waals surface area contributed by atoms with Crippen LogP contribution in [0.1, 0.15) is 5.82 Å². The Morgan fingerprint density at radius 2 is 2.00 bits per heavy atom. The lowest BCUT2D eigenvalue weighted by atomic mass is 10.3. The van der Waals surface area contributed by atoms with Gasteiger partial charge in [0.25, 0.3) is 0 Å². The van der Waals surface area contributed by atoms with Crippen LogP contribution in [0.2, 0.25) is 0 Å². The Labute approximate surface area is 118 Å². The van der Waals surface area contributed by atoms with E-state index in [9.17, 15) is 0 Å². The Hall–Kier alpha value is -2.08. The average molecular weight is 276 g/mol. The minimum Gasteiger partial charge on any atom is -0.493 e. The summed E-state index contributed by atoms with van der Waals surface area (Å²) in [6.07, 6.45) is 2.52. The van der Waals surface area contributed by atoms with E-state index in [0.29, 0.717) is 6.61 Å². The molecule has 108 valence electrons. The molecule has 1 heterocycles. The molecule has 0 radical (unpaired) electrons. The van der Waals surface area contributed by atoms with Crippen LogP contribution >= 0.6 is 0 Å².